The number of aromatic nitrogens is 4. The lowest BCUT2D eigenvalue weighted by Crippen LogP contribution is -2.31. The van der Waals surface area contributed by atoms with Gasteiger partial charge in [-0.05, 0) is 81.9 Å². The first kappa shape index (κ1) is 21.3. The smallest absolute Gasteiger partial charge is 0.168 e. The molecule has 2 aromatic heterocycles. The number of benzene rings is 2. The van der Waals surface area contributed by atoms with Crippen LogP contribution in [-0.2, 0) is 0 Å². The van der Waals surface area contributed by atoms with Crippen molar-refractivity contribution >= 4 is 28.2 Å². The SMILES string of the molecule is Cc1cc(F)cc(C)c1Nc1ncnc2c1cnn2-c1ccc(N2CCC(N(C)C)C2)cc1. The fourth-order valence-corrected chi connectivity index (χ4v) is 4.56. The Kier molecular flexibility index (Phi) is 5.46. The average molecular weight is 446 g/mol. The number of hydrogen-bond acceptors (Lipinski definition) is 6. The first-order valence-electron chi connectivity index (χ1n) is 11.1. The first-order valence-corrected chi connectivity index (χ1v) is 11.1. The lowest BCUT2D eigenvalue weighted by Gasteiger charge is -2.22. The van der Waals surface area contributed by atoms with Gasteiger partial charge in [-0.1, -0.05) is 0 Å². The Labute approximate surface area is 192 Å². The van der Waals surface area contributed by atoms with E-state index in [1.54, 1.807) is 6.20 Å². The number of fused-ring (bicyclic) bond motifs is 1. The quantitative estimate of drug-likeness (QED) is 0.490. The van der Waals surface area contributed by atoms with E-state index in [0.29, 0.717) is 17.5 Å². The number of aryl methyl sites for hydroxylation is 2. The molecule has 7 nitrogen and oxygen atoms in total. The second-order valence-corrected chi connectivity index (χ2v) is 8.92. The predicted molar refractivity (Wildman–Crippen MR) is 130 cm³/mol. The van der Waals surface area contributed by atoms with Crippen LogP contribution in [0.5, 0.6) is 0 Å². The highest BCUT2D eigenvalue weighted by Gasteiger charge is 2.24. The fraction of sp³-hybridized carbons (Fsp3) is 0.320. The number of hydrogen-bond donors (Lipinski definition) is 1. The standard InChI is InChI=1S/C25H28FN7/c1-16-11-18(26)12-17(2)23(16)30-24-22-13-29-33(25(22)28-15-27-24)20-7-5-19(6-8-20)32-10-9-21(14-32)31(3)4/h5-8,11-13,15,21H,9-10,14H2,1-4H3,(H,27,28,30). The van der Waals surface area contributed by atoms with Crippen LogP contribution in [0.3, 0.4) is 0 Å². The van der Waals surface area contributed by atoms with Gasteiger partial charge in [0.2, 0.25) is 0 Å². The highest BCUT2D eigenvalue weighted by atomic mass is 19.1. The predicted octanol–water partition coefficient (Wildman–Crippen LogP) is 4.46. The van der Waals surface area contributed by atoms with Crippen molar-refractivity contribution in [3.8, 4) is 5.69 Å². The maximum absolute atomic E-state index is 13.7. The van der Waals surface area contributed by atoms with Crippen LogP contribution < -0.4 is 10.2 Å². The van der Waals surface area contributed by atoms with E-state index in [4.69, 9.17) is 0 Å². The lowest BCUT2D eigenvalue weighted by molar-refractivity contribution is 0.315. The third kappa shape index (κ3) is 4.02. The van der Waals surface area contributed by atoms with Gasteiger partial charge in [0.15, 0.2) is 5.65 Å². The van der Waals surface area contributed by atoms with E-state index < -0.39 is 0 Å². The Hall–Kier alpha value is -3.52. The van der Waals surface area contributed by atoms with Crippen molar-refractivity contribution in [2.75, 3.05) is 37.4 Å². The van der Waals surface area contributed by atoms with Crippen LogP contribution in [0.4, 0.5) is 21.6 Å². The summed E-state index contributed by atoms with van der Waals surface area (Å²) in [7, 11) is 4.29. The van der Waals surface area contributed by atoms with Crippen LogP contribution in [-0.4, -0.2) is 57.9 Å². The molecule has 5 rings (SSSR count). The van der Waals surface area contributed by atoms with Crippen molar-refractivity contribution in [1.29, 1.82) is 0 Å². The van der Waals surface area contributed by atoms with E-state index in [2.05, 4.69) is 68.5 Å². The molecule has 0 aliphatic carbocycles. The number of nitrogens with one attached hydrogen (secondary N) is 1. The molecule has 0 radical (unpaired) electrons. The summed E-state index contributed by atoms with van der Waals surface area (Å²) in [5, 5.41) is 8.74. The minimum Gasteiger partial charge on any atom is -0.370 e. The van der Waals surface area contributed by atoms with Gasteiger partial charge >= 0.3 is 0 Å². The molecule has 3 heterocycles. The van der Waals surface area contributed by atoms with Gasteiger partial charge in [-0.15, -0.1) is 0 Å². The van der Waals surface area contributed by atoms with Gasteiger partial charge in [0.05, 0.1) is 17.3 Å². The summed E-state index contributed by atoms with van der Waals surface area (Å²) in [4.78, 5) is 13.6. The fourth-order valence-electron chi connectivity index (χ4n) is 4.56. The van der Waals surface area contributed by atoms with Gasteiger partial charge in [-0.2, -0.15) is 5.10 Å². The van der Waals surface area contributed by atoms with Crippen molar-refractivity contribution in [3.05, 3.63) is 65.9 Å². The molecule has 1 aliphatic heterocycles. The summed E-state index contributed by atoms with van der Waals surface area (Å²) in [6.45, 7) is 5.87. The summed E-state index contributed by atoms with van der Waals surface area (Å²) >= 11 is 0. The Morgan fingerprint density at radius 3 is 2.39 bits per heavy atom. The molecule has 1 N–H and O–H groups in total. The Bertz CT molecular complexity index is 1270. The van der Waals surface area contributed by atoms with Crippen LogP contribution >= 0.6 is 0 Å². The number of halogens is 1. The van der Waals surface area contributed by atoms with Crippen molar-refractivity contribution < 1.29 is 4.39 Å². The van der Waals surface area contributed by atoms with Crippen molar-refractivity contribution in [1.82, 2.24) is 24.6 Å². The van der Waals surface area contributed by atoms with Gasteiger partial charge in [0.25, 0.3) is 0 Å². The molecule has 170 valence electrons. The molecular weight excluding hydrogens is 417 g/mol. The minimum absolute atomic E-state index is 0.245. The van der Waals surface area contributed by atoms with Crippen LogP contribution in [0.2, 0.25) is 0 Å². The maximum atomic E-state index is 13.7. The molecule has 2 aromatic carbocycles. The number of nitrogens with zero attached hydrogens (tertiary/aromatic N) is 6. The monoisotopic (exact) mass is 445 g/mol. The van der Waals surface area contributed by atoms with Crippen LogP contribution in [0.1, 0.15) is 17.5 Å². The molecule has 1 atom stereocenters. The summed E-state index contributed by atoms with van der Waals surface area (Å²) < 4.78 is 15.5. The molecule has 33 heavy (non-hydrogen) atoms. The van der Waals surface area contributed by atoms with Gasteiger partial charge in [0, 0.05) is 30.5 Å². The summed E-state index contributed by atoms with van der Waals surface area (Å²) in [6.07, 6.45) is 4.47. The van der Waals surface area contributed by atoms with Gasteiger partial charge in [-0.25, -0.2) is 19.0 Å². The second-order valence-electron chi connectivity index (χ2n) is 8.92. The zero-order valence-electron chi connectivity index (χ0n) is 19.4. The van der Waals surface area contributed by atoms with Gasteiger partial charge in [0.1, 0.15) is 18.0 Å². The van der Waals surface area contributed by atoms with Crippen LogP contribution in [0, 0.1) is 19.7 Å². The Morgan fingerprint density at radius 1 is 1.03 bits per heavy atom. The number of rotatable bonds is 5. The topological polar surface area (TPSA) is 62.1 Å². The van der Waals surface area contributed by atoms with E-state index in [-0.39, 0.29) is 5.82 Å². The number of likely N-dealkylation sites (N-methyl/N-ethyl adjacent to an activating group) is 1. The molecule has 0 amide bonds. The lowest BCUT2D eigenvalue weighted by atomic mass is 10.1. The Morgan fingerprint density at radius 2 is 1.73 bits per heavy atom. The minimum atomic E-state index is -0.245. The summed E-state index contributed by atoms with van der Waals surface area (Å²) in [6, 6.07) is 12.1. The Balaban J connectivity index is 1.43. The van der Waals surface area contributed by atoms with Gasteiger partial charge in [-0.3, -0.25) is 0 Å². The summed E-state index contributed by atoms with van der Waals surface area (Å²) in [5.41, 5.74) is 5.36. The van der Waals surface area contributed by atoms with E-state index >= 15 is 0 Å². The van der Waals surface area contributed by atoms with Crippen molar-refractivity contribution in [2.24, 2.45) is 0 Å². The molecule has 0 saturated carbocycles. The van der Waals surface area contributed by atoms with Crippen molar-refractivity contribution in [3.63, 3.8) is 0 Å². The zero-order chi connectivity index (χ0) is 23.1. The molecule has 1 saturated heterocycles. The normalized spacial score (nSPS) is 16.2. The number of anilines is 3. The average Bonchev–Trinajstić information content (AvgIpc) is 3.44. The third-order valence-electron chi connectivity index (χ3n) is 6.46. The molecule has 1 unspecified atom stereocenters. The van der Waals surface area contributed by atoms with Crippen LogP contribution in [0.15, 0.2) is 48.9 Å². The maximum Gasteiger partial charge on any atom is 0.168 e. The van der Waals surface area contributed by atoms with E-state index in [0.717, 1.165) is 41.0 Å². The third-order valence-corrected chi connectivity index (χ3v) is 6.46. The zero-order valence-corrected chi connectivity index (χ0v) is 19.4. The molecule has 1 aliphatic rings. The van der Waals surface area contributed by atoms with Crippen molar-refractivity contribution in [2.45, 2.75) is 26.3 Å². The highest BCUT2D eigenvalue weighted by Crippen LogP contribution is 2.29. The largest absolute Gasteiger partial charge is 0.370 e. The van der Waals surface area contributed by atoms with Gasteiger partial charge < -0.3 is 15.1 Å². The second kappa shape index (κ2) is 8.44. The molecule has 4 aromatic rings. The molecule has 0 bridgehead atoms. The first-order chi connectivity index (χ1) is 15.9. The summed E-state index contributed by atoms with van der Waals surface area (Å²) in [5.74, 6) is 0.401. The van der Waals surface area contributed by atoms with E-state index in [1.165, 1.54) is 30.6 Å². The molecule has 0 spiro atoms. The van der Waals surface area contributed by atoms with Crippen LogP contribution in [0.25, 0.3) is 16.7 Å². The van der Waals surface area contributed by atoms with E-state index in [9.17, 15) is 4.39 Å². The molecule has 8 heteroatoms. The highest BCUT2D eigenvalue weighted by molar-refractivity contribution is 5.89. The van der Waals surface area contributed by atoms with E-state index in [1.807, 2.05) is 18.5 Å². The molecule has 1 fully saturated rings. The molecular formula is C25H28FN7.